The molecule has 0 fully saturated rings. The minimum atomic E-state index is -4.37. The van der Waals surface area contributed by atoms with Gasteiger partial charge in [0.15, 0.2) is 0 Å². The third kappa shape index (κ3) is 3.70. The highest BCUT2D eigenvalue weighted by molar-refractivity contribution is 5.80. The predicted molar refractivity (Wildman–Crippen MR) is 93.5 cm³/mol. The first-order valence-electron chi connectivity index (χ1n) is 8.19. The number of alkyl halides is 3. The molecule has 3 aromatic rings. The maximum atomic E-state index is 12.6. The third-order valence-electron chi connectivity index (χ3n) is 4.15. The second kappa shape index (κ2) is 6.54. The van der Waals surface area contributed by atoms with Crippen LogP contribution >= 0.6 is 0 Å². The molecule has 0 spiro atoms. The molecule has 0 saturated carbocycles. The molecule has 1 aliphatic rings. The number of nitrogens with zero attached hydrogens (tertiary/aromatic N) is 3. The molecular weight excluding hydrogens is 359 g/mol. The van der Waals surface area contributed by atoms with Crippen molar-refractivity contribution in [2.45, 2.75) is 25.6 Å². The first-order valence-corrected chi connectivity index (χ1v) is 8.19. The highest BCUT2D eigenvalue weighted by atomic mass is 19.4. The zero-order valence-corrected chi connectivity index (χ0v) is 14.2. The number of pyridine rings is 1. The fraction of sp³-hybridized carbons (Fsp3) is 0.235. The van der Waals surface area contributed by atoms with Crippen molar-refractivity contribution in [1.82, 2.24) is 30.8 Å². The molecule has 0 amide bonds. The summed E-state index contributed by atoms with van der Waals surface area (Å²) in [6, 6.07) is 0.311. The van der Waals surface area contributed by atoms with Gasteiger partial charge in [0.25, 0.3) is 0 Å². The van der Waals surface area contributed by atoms with Gasteiger partial charge in [0.2, 0.25) is 5.95 Å². The molecular formula is C17H16F3N7. The van der Waals surface area contributed by atoms with Gasteiger partial charge in [-0.05, 0) is 35.8 Å². The molecule has 1 unspecified atom stereocenters. The Kier molecular flexibility index (Phi) is 4.19. The third-order valence-corrected chi connectivity index (χ3v) is 4.15. The topological polar surface area (TPSA) is 90.5 Å². The molecule has 4 N–H and O–H groups in total. The van der Waals surface area contributed by atoms with Gasteiger partial charge in [0.05, 0.1) is 0 Å². The van der Waals surface area contributed by atoms with Gasteiger partial charge in [-0.1, -0.05) is 0 Å². The predicted octanol–water partition coefficient (Wildman–Crippen LogP) is 2.54. The summed E-state index contributed by atoms with van der Waals surface area (Å²) < 4.78 is 37.9. The van der Waals surface area contributed by atoms with E-state index in [4.69, 9.17) is 0 Å². The van der Waals surface area contributed by atoms with E-state index in [9.17, 15) is 13.2 Å². The van der Waals surface area contributed by atoms with E-state index >= 15 is 0 Å². The van der Waals surface area contributed by atoms with E-state index in [1.807, 2.05) is 13.1 Å². The van der Waals surface area contributed by atoms with Crippen LogP contribution in [0.2, 0.25) is 0 Å². The summed E-state index contributed by atoms with van der Waals surface area (Å²) in [5.41, 5.74) is 8.40. The number of aryl methyl sites for hydroxylation is 1. The molecule has 4 heterocycles. The van der Waals surface area contributed by atoms with Crippen molar-refractivity contribution in [3.8, 4) is 0 Å². The van der Waals surface area contributed by atoms with Crippen LogP contribution in [-0.4, -0.2) is 32.2 Å². The van der Waals surface area contributed by atoms with Gasteiger partial charge in [0, 0.05) is 36.6 Å². The summed E-state index contributed by atoms with van der Waals surface area (Å²) in [4.78, 5) is 15.8. The average molecular weight is 375 g/mol. The monoisotopic (exact) mass is 375 g/mol. The van der Waals surface area contributed by atoms with E-state index in [-0.39, 0.29) is 11.8 Å². The first-order chi connectivity index (χ1) is 12.9. The SMILES string of the molecule is Cc1cnc2[nH]cc(Cc3cnc(NC4=CC(C(F)(F)F)NN4)nc3)c2c1. The molecule has 0 radical (unpaired) electrons. The Morgan fingerprint density at radius 1 is 1.15 bits per heavy atom. The van der Waals surface area contributed by atoms with Gasteiger partial charge >= 0.3 is 6.18 Å². The minimum absolute atomic E-state index is 0.156. The largest absolute Gasteiger partial charge is 0.409 e. The number of rotatable bonds is 4. The number of hydrogen-bond donors (Lipinski definition) is 4. The number of anilines is 1. The van der Waals surface area contributed by atoms with Crippen LogP contribution in [0.25, 0.3) is 11.0 Å². The lowest BCUT2D eigenvalue weighted by atomic mass is 10.1. The van der Waals surface area contributed by atoms with Crippen LogP contribution in [0.3, 0.4) is 0 Å². The fourth-order valence-corrected chi connectivity index (χ4v) is 2.81. The Hall–Kier alpha value is -3.14. The Labute approximate surface area is 152 Å². The summed E-state index contributed by atoms with van der Waals surface area (Å²) in [7, 11) is 0. The standard InChI is InChI=1S/C17H16F3N7/c1-9-2-12-11(8-22-15(12)21-5-9)3-10-6-23-16(24-7-10)25-14-4-13(26-27-14)17(18,19)20/h2,4-8,13,26-27H,3H2,1H3,(H,21,22)(H,23,24,25). The number of fused-ring (bicyclic) bond motifs is 1. The molecule has 0 bridgehead atoms. The molecule has 1 atom stereocenters. The van der Waals surface area contributed by atoms with Gasteiger partial charge < -0.3 is 15.7 Å². The molecule has 7 nitrogen and oxygen atoms in total. The van der Waals surface area contributed by atoms with Gasteiger partial charge in [-0.3, -0.25) is 0 Å². The second-order valence-electron chi connectivity index (χ2n) is 6.31. The van der Waals surface area contributed by atoms with Crippen LogP contribution < -0.4 is 16.2 Å². The number of hydrazine groups is 1. The zero-order chi connectivity index (χ0) is 19.0. The molecule has 3 aromatic heterocycles. The van der Waals surface area contributed by atoms with E-state index in [1.165, 1.54) is 0 Å². The number of H-pyrrole nitrogens is 1. The van der Waals surface area contributed by atoms with Crippen LogP contribution in [0, 0.1) is 6.92 Å². The van der Waals surface area contributed by atoms with Crippen LogP contribution in [0.1, 0.15) is 16.7 Å². The number of hydrogen-bond acceptors (Lipinski definition) is 6. The minimum Gasteiger partial charge on any atom is -0.346 e. The molecule has 1 aliphatic heterocycles. The van der Waals surface area contributed by atoms with Gasteiger partial charge in [-0.15, -0.1) is 0 Å². The Balaban J connectivity index is 1.45. The molecule has 0 aliphatic carbocycles. The van der Waals surface area contributed by atoms with E-state index in [2.05, 4.69) is 42.2 Å². The number of nitrogens with one attached hydrogen (secondary N) is 4. The van der Waals surface area contributed by atoms with Crippen molar-refractivity contribution < 1.29 is 13.2 Å². The Morgan fingerprint density at radius 2 is 1.93 bits per heavy atom. The van der Waals surface area contributed by atoms with Crippen LogP contribution in [0.15, 0.2) is 42.8 Å². The fourth-order valence-electron chi connectivity index (χ4n) is 2.81. The highest BCUT2D eigenvalue weighted by Crippen LogP contribution is 2.24. The molecule has 0 saturated heterocycles. The van der Waals surface area contributed by atoms with Crippen molar-refractivity contribution in [3.63, 3.8) is 0 Å². The van der Waals surface area contributed by atoms with Crippen molar-refractivity contribution >= 4 is 17.0 Å². The van der Waals surface area contributed by atoms with E-state index in [1.54, 1.807) is 18.6 Å². The number of halogens is 3. The molecule has 0 aromatic carbocycles. The van der Waals surface area contributed by atoms with Gasteiger partial charge in [0.1, 0.15) is 17.5 Å². The van der Waals surface area contributed by atoms with Crippen LogP contribution in [0.5, 0.6) is 0 Å². The smallest absolute Gasteiger partial charge is 0.346 e. The quantitative estimate of drug-likeness (QED) is 0.560. The lowest BCUT2D eigenvalue weighted by Crippen LogP contribution is -2.42. The summed E-state index contributed by atoms with van der Waals surface area (Å²) in [5.74, 6) is 0.363. The maximum Gasteiger partial charge on any atom is 0.409 e. The number of aromatic nitrogens is 4. The number of aromatic amines is 1. The summed E-state index contributed by atoms with van der Waals surface area (Å²) in [6.45, 7) is 1.98. The molecule has 140 valence electrons. The van der Waals surface area contributed by atoms with Gasteiger partial charge in [-0.25, -0.2) is 20.4 Å². The van der Waals surface area contributed by atoms with Crippen LogP contribution in [-0.2, 0) is 6.42 Å². The maximum absolute atomic E-state index is 12.6. The van der Waals surface area contributed by atoms with Crippen molar-refractivity contribution in [1.29, 1.82) is 0 Å². The van der Waals surface area contributed by atoms with Crippen molar-refractivity contribution in [2.75, 3.05) is 5.32 Å². The molecule has 10 heteroatoms. The summed E-state index contributed by atoms with van der Waals surface area (Å²) in [5, 5.41) is 3.76. The van der Waals surface area contributed by atoms with E-state index in [0.717, 1.165) is 33.8 Å². The summed E-state index contributed by atoms with van der Waals surface area (Å²) >= 11 is 0. The molecule has 4 rings (SSSR count). The lowest BCUT2D eigenvalue weighted by Gasteiger charge is -2.11. The molecule has 27 heavy (non-hydrogen) atoms. The van der Waals surface area contributed by atoms with Crippen molar-refractivity contribution in [3.05, 3.63) is 59.4 Å². The van der Waals surface area contributed by atoms with Crippen molar-refractivity contribution in [2.24, 2.45) is 0 Å². The van der Waals surface area contributed by atoms with E-state index < -0.39 is 12.2 Å². The normalized spacial score (nSPS) is 17.0. The van der Waals surface area contributed by atoms with Gasteiger partial charge in [-0.2, -0.15) is 13.2 Å². The average Bonchev–Trinajstić information content (AvgIpc) is 3.24. The lowest BCUT2D eigenvalue weighted by molar-refractivity contribution is -0.144. The summed E-state index contributed by atoms with van der Waals surface area (Å²) in [6.07, 6.45) is 4.23. The first kappa shape index (κ1) is 17.3. The van der Waals surface area contributed by atoms with E-state index in [0.29, 0.717) is 6.42 Å². The zero-order valence-electron chi connectivity index (χ0n) is 14.2. The Bertz CT molecular complexity index is 992. The highest BCUT2D eigenvalue weighted by Gasteiger charge is 2.40. The Morgan fingerprint density at radius 3 is 2.63 bits per heavy atom. The van der Waals surface area contributed by atoms with Crippen LogP contribution in [0.4, 0.5) is 19.1 Å². The second-order valence-corrected chi connectivity index (χ2v) is 6.31.